The van der Waals surface area contributed by atoms with Crippen LogP contribution in [0.25, 0.3) is 0 Å². The smallest absolute Gasteiger partial charge is 0.399 e. The highest BCUT2D eigenvalue weighted by Crippen LogP contribution is 2.36. The maximum Gasteiger partial charge on any atom is 0.494 e. The number of ether oxygens (including phenoxy) is 1. The van der Waals surface area contributed by atoms with E-state index in [1.165, 1.54) is 0 Å². The fourth-order valence-electron chi connectivity index (χ4n) is 2.86. The molecular formula is C21H27BN2O4. The normalized spacial score (nSPS) is 18.7. The van der Waals surface area contributed by atoms with Crippen LogP contribution in [0.3, 0.4) is 0 Å². The zero-order chi connectivity index (χ0) is 20.5. The molecule has 1 saturated heterocycles. The summed E-state index contributed by atoms with van der Waals surface area (Å²) in [4.78, 5) is 16.8. The molecule has 1 unspecified atom stereocenters. The van der Waals surface area contributed by atoms with Gasteiger partial charge in [0.15, 0.2) is 0 Å². The number of amides is 1. The number of carbonyl (C=O) groups is 1. The van der Waals surface area contributed by atoms with Crippen molar-refractivity contribution >= 4 is 24.3 Å². The molecule has 1 aromatic heterocycles. The van der Waals surface area contributed by atoms with E-state index in [-0.39, 0.29) is 12.0 Å². The molecular weight excluding hydrogens is 355 g/mol. The molecule has 1 amide bonds. The van der Waals surface area contributed by atoms with Gasteiger partial charge in [0.25, 0.3) is 5.91 Å². The lowest BCUT2D eigenvalue weighted by Gasteiger charge is -2.32. The third kappa shape index (κ3) is 4.11. The maximum absolute atomic E-state index is 12.6. The van der Waals surface area contributed by atoms with Crippen molar-refractivity contribution in [2.24, 2.45) is 0 Å². The van der Waals surface area contributed by atoms with Gasteiger partial charge >= 0.3 is 7.12 Å². The minimum atomic E-state index is -0.448. The summed E-state index contributed by atoms with van der Waals surface area (Å²) in [6.07, 6.45) is 1.58. The zero-order valence-electron chi connectivity index (χ0n) is 17.3. The van der Waals surface area contributed by atoms with E-state index in [2.05, 4.69) is 10.3 Å². The number of anilines is 1. The number of rotatable bonds is 5. The molecule has 1 aliphatic heterocycles. The molecule has 0 saturated carbocycles. The molecule has 3 rings (SSSR count). The first-order valence-electron chi connectivity index (χ1n) is 9.38. The first-order valence-corrected chi connectivity index (χ1v) is 9.38. The summed E-state index contributed by atoms with van der Waals surface area (Å²) in [6, 6.07) is 10.9. The fraction of sp³-hybridized carbons (Fsp3) is 0.429. The summed E-state index contributed by atoms with van der Waals surface area (Å²) in [5.41, 5.74) is 1.56. The first kappa shape index (κ1) is 20.5. The van der Waals surface area contributed by atoms with Gasteiger partial charge in [0, 0.05) is 18.9 Å². The number of aromatic nitrogens is 1. The lowest BCUT2D eigenvalue weighted by Crippen LogP contribution is -2.41. The number of benzene rings is 1. The highest BCUT2D eigenvalue weighted by atomic mass is 16.7. The predicted octanol–water partition coefficient (Wildman–Crippen LogP) is 3.34. The van der Waals surface area contributed by atoms with Gasteiger partial charge in [-0.25, -0.2) is 4.98 Å². The number of hydrogen-bond acceptors (Lipinski definition) is 5. The minimum Gasteiger partial charge on any atom is -0.399 e. The third-order valence-corrected chi connectivity index (χ3v) is 5.55. The Balaban J connectivity index is 1.70. The number of carbonyl (C=O) groups excluding carboxylic acids is 1. The van der Waals surface area contributed by atoms with Crippen molar-refractivity contribution in [3.8, 4) is 0 Å². The maximum atomic E-state index is 12.6. The van der Waals surface area contributed by atoms with E-state index < -0.39 is 18.3 Å². The van der Waals surface area contributed by atoms with Crippen molar-refractivity contribution in [1.82, 2.24) is 4.98 Å². The number of nitrogens with one attached hydrogen (secondary N) is 1. The van der Waals surface area contributed by atoms with Crippen LogP contribution in [0.1, 0.15) is 56.6 Å². The Morgan fingerprint density at radius 3 is 2.29 bits per heavy atom. The SMILES string of the molecule is COC(C)c1ccnc(NC(=O)c2ccc(B3OC(C)(C)C(C)(C)O3)cc2)c1. The number of hydrogen-bond donors (Lipinski definition) is 1. The van der Waals surface area contributed by atoms with Gasteiger partial charge in [-0.05, 0) is 69.9 Å². The number of nitrogens with zero attached hydrogens (tertiary/aromatic N) is 1. The van der Waals surface area contributed by atoms with E-state index in [0.29, 0.717) is 11.4 Å². The van der Waals surface area contributed by atoms with Gasteiger partial charge in [-0.15, -0.1) is 0 Å². The van der Waals surface area contributed by atoms with Gasteiger partial charge < -0.3 is 19.4 Å². The van der Waals surface area contributed by atoms with Crippen molar-refractivity contribution in [2.45, 2.75) is 51.9 Å². The highest BCUT2D eigenvalue weighted by Gasteiger charge is 2.51. The molecule has 7 heteroatoms. The van der Waals surface area contributed by atoms with Crippen LogP contribution in [0.2, 0.25) is 0 Å². The molecule has 148 valence electrons. The van der Waals surface area contributed by atoms with E-state index in [0.717, 1.165) is 11.0 Å². The fourth-order valence-corrected chi connectivity index (χ4v) is 2.86. The lowest BCUT2D eigenvalue weighted by molar-refractivity contribution is 0.00578. The van der Waals surface area contributed by atoms with Gasteiger partial charge in [-0.3, -0.25) is 4.79 Å². The monoisotopic (exact) mass is 382 g/mol. The van der Waals surface area contributed by atoms with Gasteiger partial charge in [0.2, 0.25) is 0 Å². The van der Waals surface area contributed by atoms with Crippen molar-refractivity contribution in [3.63, 3.8) is 0 Å². The number of methoxy groups -OCH3 is 1. The van der Waals surface area contributed by atoms with Crippen molar-refractivity contribution in [1.29, 1.82) is 0 Å². The van der Waals surface area contributed by atoms with Crippen molar-refractivity contribution in [3.05, 3.63) is 53.7 Å². The van der Waals surface area contributed by atoms with Crippen LogP contribution < -0.4 is 10.8 Å². The molecule has 2 heterocycles. The Kier molecular flexibility index (Phi) is 5.61. The van der Waals surface area contributed by atoms with Crippen LogP contribution in [-0.2, 0) is 14.0 Å². The zero-order valence-corrected chi connectivity index (χ0v) is 17.3. The molecule has 0 spiro atoms. The lowest BCUT2D eigenvalue weighted by atomic mass is 9.79. The Morgan fingerprint density at radius 1 is 1.11 bits per heavy atom. The van der Waals surface area contributed by atoms with Crippen LogP contribution in [-0.4, -0.2) is 36.3 Å². The summed E-state index contributed by atoms with van der Waals surface area (Å²) in [5, 5.41) is 2.82. The highest BCUT2D eigenvalue weighted by molar-refractivity contribution is 6.62. The molecule has 1 fully saturated rings. The first-order chi connectivity index (χ1) is 13.1. The van der Waals surface area contributed by atoms with Crippen LogP contribution in [0.4, 0.5) is 5.82 Å². The van der Waals surface area contributed by atoms with Crippen LogP contribution in [0.15, 0.2) is 42.6 Å². The van der Waals surface area contributed by atoms with E-state index >= 15 is 0 Å². The van der Waals surface area contributed by atoms with Crippen LogP contribution in [0.5, 0.6) is 0 Å². The summed E-state index contributed by atoms with van der Waals surface area (Å²) in [5.74, 6) is 0.261. The van der Waals surface area contributed by atoms with E-state index in [1.807, 2.05) is 58.9 Å². The van der Waals surface area contributed by atoms with Gasteiger partial charge in [-0.2, -0.15) is 0 Å². The summed E-state index contributed by atoms with van der Waals surface area (Å²) in [6.45, 7) is 10.00. The summed E-state index contributed by atoms with van der Waals surface area (Å²) < 4.78 is 17.4. The van der Waals surface area contributed by atoms with Gasteiger partial charge in [0.05, 0.1) is 17.3 Å². The van der Waals surface area contributed by atoms with Crippen molar-refractivity contribution < 1.29 is 18.8 Å². The average Bonchev–Trinajstić information content (AvgIpc) is 2.88. The molecule has 2 aromatic rings. The molecule has 0 aliphatic carbocycles. The average molecular weight is 382 g/mol. The van der Waals surface area contributed by atoms with Crippen LogP contribution in [0, 0.1) is 0 Å². The van der Waals surface area contributed by atoms with Crippen molar-refractivity contribution in [2.75, 3.05) is 12.4 Å². The Hall–Kier alpha value is -2.22. The molecule has 1 aliphatic rings. The van der Waals surface area contributed by atoms with E-state index in [4.69, 9.17) is 14.0 Å². The van der Waals surface area contributed by atoms with E-state index in [1.54, 1.807) is 25.4 Å². The Labute approximate surface area is 166 Å². The predicted molar refractivity (Wildman–Crippen MR) is 110 cm³/mol. The van der Waals surface area contributed by atoms with Gasteiger partial charge in [-0.1, -0.05) is 12.1 Å². The second-order valence-corrected chi connectivity index (χ2v) is 8.02. The summed E-state index contributed by atoms with van der Waals surface area (Å²) in [7, 11) is 1.20. The molecule has 1 N–H and O–H groups in total. The largest absolute Gasteiger partial charge is 0.494 e. The van der Waals surface area contributed by atoms with E-state index in [9.17, 15) is 4.79 Å². The molecule has 28 heavy (non-hydrogen) atoms. The molecule has 1 atom stereocenters. The quantitative estimate of drug-likeness (QED) is 0.804. The molecule has 0 radical (unpaired) electrons. The van der Waals surface area contributed by atoms with Gasteiger partial charge in [0.1, 0.15) is 5.82 Å². The molecule has 6 nitrogen and oxygen atoms in total. The second kappa shape index (κ2) is 7.66. The second-order valence-electron chi connectivity index (χ2n) is 8.02. The standard InChI is InChI=1S/C21H27BN2O4/c1-14(26-6)16-11-12-23-18(13-16)24-19(25)15-7-9-17(10-8-15)22-27-20(2,3)21(4,5)28-22/h7-14H,1-6H3,(H,23,24,25). The summed E-state index contributed by atoms with van der Waals surface area (Å²) >= 11 is 0. The van der Waals surface area contributed by atoms with Crippen LogP contribution >= 0.6 is 0 Å². The molecule has 1 aromatic carbocycles. The Bertz CT molecular complexity index is 836. The third-order valence-electron chi connectivity index (χ3n) is 5.55. The number of pyridine rings is 1. The minimum absolute atomic E-state index is 0.0714. The Morgan fingerprint density at radius 2 is 1.71 bits per heavy atom. The molecule has 0 bridgehead atoms. The topological polar surface area (TPSA) is 69.7 Å².